The molecule has 0 N–H and O–H groups in total. The number of hydrogen-bond acceptors (Lipinski definition) is 2. The van der Waals surface area contributed by atoms with Crippen molar-refractivity contribution < 1.29 is 13.9 Å². The van der Waals surface area contributed by atoms with Gasteiger partial charge in [0.1, 0.15) is 11.6 Å². The Morgan fingerprint density at radius 2 is 1.83 bits per heavy atom. The molecule has 1 aromatic carbocycles. The van der Waals surface area contributed by atoms with Gasteiger partial charge in [-0.25, -0.2) is 9.18 Å². The Labute approximate surface area is 108 Å². The Kier molecular flexibility index (Phi) is 3.99. The highest BCUT2D eigenvalue weighted by molar-refractivity contribution is 5.70. The van der Waals surface area contributed by atoms with Crippen LogP contribution in [0.25, 0.3) is 0 Å². The van der Waals surface area contributed by atoms with Gasteiger partial charge in [0.05, 0.1) is 0 Å². The van der Waals surface area contributed by atoms with Crippen LogP contribution in [-0.4, -0.2) is 25.1 Å². The predicted molar refractivity (Wildman–Crippen MR) is 69.5 cm³/mol. The SMILES string of the molecule is Cc1cc(OC(=O)N(C)C)cc(F)c1C(C)(C)C. The van der Waals surface area contributed by atoms with Crippen molar-refractivity contribution >= 4 is 6.09 Å². The smallest absolute Gasteiger partial charge is 0.410 e. The Balaban J connectivity index is 3.12. The summed E-state index contributed by atoms with van der Waals surface area (Å²) in [5.74, 6) is -0.110. The fourth-order valence-corrected chi connectivity index (χ4v) is 1.91. The third-order valence-electron chi connectivity index (χ3n) is 2.58. The minimum atomic E-state index is -0.516. The second-order valence-corrected chi connectivity index (χ2v) is 5.61. The molecule has 0 saturated heterocycles. The Bertz CT molecular complexity index is 438. The van der Waals surface area contributed by atoms with Crippen molar-refractivity contribution in [3.63, 3.8) is 0 Å². The lowest BCUT2D eigenvalue weighted by molar-refractivity contribution is 0.171. The van der Waals surface area contributed by atoms with E-state index in [9.17, 15) is 9.18 Å². The highest BCUT2D eigenvalue weighted by Crippen LogP contribution is 2.31. The molecular formula is C14H20FNO2. The van der Waals surface area contributed by atoms with Crippen LogP contribution in [0.3, 0.4) is 0 Å². The summed E-state index contributed by atoms with van der Waals surface area (Å²) < 4.78 is 19.1. The van der Waals surface area contributed by atoms with Gasteiger partial charge in [0.15, 0.2) is 0 Å². The van der Waals surface area contributed by atoms with Crippen LogP contribution < -0.4 is 4.74 Å². The zero-order chi connectivity index (χ0) is 14.1. The molecular weight excluding hydrogens is 233 g/mol. The van der Waals surface area contributed by atoms with Crippen LogP contribution in [0.1, 0.15) is 31.9 Å². The molecule has 0 bridgehead atoms. The maximum Gasteiger partial charge on any atom is 0.414 e. The zero-order valence-corrected chi connectivity index (χ0v) is 11.8. The van der Waals surface area contributed by atoms with Crippen LogP contribution in [0.2, 0.25) is 0 Å². The highest BCUT2D eigenvalue weighted by atomic mass is 19.1. The van der Waals surface area contributed by atoms with E-state index in [1.807, 2.05) is 27.7 Å². The lowest BCUT2D eigenvalue weighted by atomic mass is 9.83. The van der Waals surface area contributed by atoms with Gasteiger partial charge in [-0.3, -0.25) is 0 Å². The zero-order valence-electron chi connectivity index (χ0n) is 11.8. The van der Waals surface area contributed by atoms with E-state index in [2.05, 4.69) is 0 Å². The van der Waals surface area contributed by atoms with Gasteiger partial charge in [0.25, 0.3) is 0 Å². The number of rotatable bonds is 1. The summed E-state index contributed by atoms with van der Waals surface area (Å²) in [5.41, 5.74) is 1.15. The summed E-state index contributed by atoms with van der Waals surface area (Å²) in [6.45, 7) is 7.66. The largest absolute Gasteiger partial charge is 0.414 e. The van der Waals surface area contributed by atoms with Gasteiger partial charge < -0.3 is 9.64 Å². The van der Waals surface area contributed by atoms with Crippen molar-refractivity contribution in [2.24, 2.45) is 0 Å². The number of nitrogens with zero attached hydrogens (tertiary/aromatic N) is 1. The first-order valence-corrected chi connectivity index (χ1v) is 5.82. The number of carbonyl (C=O) groups is 1. The van der Waals surface area contributed by atoms with Gasteiger partial charge in [-0.1, -0.05) is 20.8 Å². The van der Waals surface area contributed by atoms with Crippen LogP contribution >= 0.6 is 0 Å². The van der Waals surface area contributed by atoms with Crippen LogP contribution in [0.4, 0.5) is 9.18 Å². The molecule has 100 valence electrons. The Morgan fingerprint density at radius 1 is 1.28 bits per heavy atom. The molecule has 0 heterocycles. The molecule has 1 amide bonds. The van der Waals surface area contributed by atoms with E-state index in [-0.39, 0.29) is 17.0 Å². The average molecular weight is 253 g/mol. The molecule has 0 aromatic heterocycles. The minimum Gasteiger partial charge on any atom is -0.410 e. The number of carbonyl (C=O) groups excluding carboxylic acids is 1. The Morgan fingerprint density at radius 3 is 2.22 bits per heavy atom. The molecule has 1 rings (SSSR count). The topological polar surface area (TPSA) is 29.5 Å². The van der Waals surface area contributed by atoms with Crippen molar-refractivity contribution in [1.82, 2.24) is 4.90 Å². The third-order valence-corrected chi connectivity index (χ3v) is 2.58. The molecule has 0 saturated carbocycles. The summed E-state index contributed by atoms with van der Waals surface area (Å²) in [5, 5.41) is 0. The molecule has 0 aliphatic carbocycles. The number of ether oxygens (including phenoxy) is 1. The second kappa shape index (κ2) is 4.96. The minimum absolute atomic E-state index is 0.233. The normalized spacial score (nSPS) is 11.3. The Hall–Kier alpha value is -1.58. The number of halogens is 1. The van der Waals surface area contributed by atoms with Crippen LogP contribution in [-0.2, 0) is 5.41 Å². The molecule has 0 atom stereocenters. The fourth-order valence-electron chi connectivity index (χ4n) is 1.91. The average Bonchev–Trinajstić information content (AvgIpc) is 2.13. The molecule has 3 nitrogen and oxygen atoms in total. The maximum absolute atomic E-state index is 14.1. The highest BCUT2D eigenvalue weighted by Gasteiger charge is 2.22. The lowest BCUT2D eigenvalue weighted by Crippen LogP contribution is -2.25. The van der Waals surface area contributed by atoms with Crippen molar-refractivity contribution in [3.8, 4) is 5.75 Å². The van der Waals surface area contributed by atoms with Crippen LogP contribution in [0.5, 0.6) is 5.75 Å². The fraction of sp³-hybridized carbons (Fsp3) is 0.500. The quantitative estimate of drug-likeness (QED) is 0.766. The molecule has 4 heteroatoms. The molecule has 0 aliphatic heterocycles. The first kappa shape index (κ1) is 14.5. The van der Waals surface area contributed by atoms with Crippen LogP contribution in [0, 0.1) is 12.7 Å². The van der Waals surface area contributed by atoms with E-state index in [4.69, 9.17) is 4.74 Å². The van der Waals surface area contributed by atoms with Gasteiger partial charge in [-0.2, -0.15) is 0 Å². The monoisotopic (exact) mass is 253 g/mol. The first-order valence-electron chi connectivity index (χ1n) is 5.82. The molecule has 0 unspecified atom stereocenters. The summed E-state index contributed by atoms with van der Waals surface area (Å²) in [6, 6.07) is 2.94. The van der Waals surface area contributed by atoms with Gasteiger partial charge in [0, 0.05) is 20.2 Å². The molecule has 0 radical (unpaired) electrons. The van der Waals surface area contributed by atoms with Crippen molar-refractivity contribution in [1.29, 1.82) is 0 Å². The number of hydrogen-bond donors (Lipinski definition) is 0. The van der Waals surface area contributed by atoms with E-state index in [1.54, 1.807) is 20.2 Å². The molecule has 1 aromatic rings. The van der Waals surface area contributed by atoms with Crippen molar-refractivity contribution in [2.75, 3.05) is 14.1 Å². The van der Waals surface area contributed by atoms with E-state index >= 15 is 0 Å². The third kappa shape index (κ3) is 3.22. The number of benzene rings is 1. The van der Waals surface area contributed by atoms with E-state index in [0.29, 0.717) is 5.56 Å². The van der Waals surface area contributed by atoms with E-state index in [0.717, 1.165) is 5.56 Å². The van der Waals surface area contributed by atoms with Crippen molar-refractivity contribution in [2.45, 2.75) is 33.1 Å². The van der Waals surface area contributed by atoms with Gasteiger partial charge >= 0.3 is 6.09 Å². The van der Waals surface area contributed by atoms with Gasteiger partial charge in [-0.05, 0) is 29.5 Å². The second-order valence-electron chi connectivity index (χ2n) is 5.61. The van der Waals surface area contributed by atoms with E-state index < -0.39 is 6.09 Å². The first-order chi connectivity index (χ1) is 8.12. The summed E-state index contributed by atoms with van der Waals surface area (Å²) in [6.07, 6.45) is -0.516. The van der Waals surface area contributed by atoms with E-state index in [1.165, 1.54) is 11.0 Å². The number of amides is 1. The lowest BCUT2D eigenvalue weighted by Gasteiger charge is -2.23. The number of aryl methyl sites for hydroxylation is 1. The molecule has 18 heavy (non-hydrogen) atoms. The van der Waals surface area contributed by atoms with Crippen LogP contribution in [0.15, 0.2) is 12.1 Å². The summed E-state index contributed by atoms with van der Waals surface area (Å²) in [4.78, 5) is 12.7. The predicted octanol–water partition coefficient (Wildman–Crippen LogP) is 3.49. The summed E-state index contributed by atoms with van der Waals surface area (Å²) in [7, 11) is 3.16. The standard InChI is InChI=1S/C14H20FNO2/c1-9-7-10(18-13(17)16(5)6)8-11(15)12(9)14(2,3)4/h7-8H,1-6H3. The molecule has 0 spiro atoms. The summed E-state index contributed by atoms with van der Waals surface area (Å²) >= 11 is 0. The van der Waals surface area contributed by atoms with Crippen molar-refractivity contribution in [3.05, 3.63) is 29.1 Å². The maximum atomic E-state index is 14.1. The van der Waals surface area contributed by atoms with Gasteiger partial charge in [0.2, 0.25) is 0 Å². The molecule has 0 aliphatic rings. The molecule has 0 fully saturated rings. The van der Waals surface area contributed by atoms with Gasteiger partial charge in [-0.15, -0.1) is 0 Å².